The Kier molecular flexibility index (Phi) is 4.99. The summed E-state index contributed by atoms with van der Waals surface area (Å²) in [4.78, 5) is 14.1. The molecule has 0 N–H and O–H groups in total. The van der Waals surface area contributed by atoms with Crippen LogP contribution in [0.5, 0.6) is 0 Å². The van der Waals surface area contributed by atoms with Crippen LogP contribution in [-0.4, -0.2) is 40.9 Å². The summed E-state index contributed by atoms with van der Waals surface area (Å²) in [5.74, 6) is -1.94. The molecule has 0 aromatic heterocycles. The Bertz CT molecular complexity index is 536. The second-order valence-corrected chi connectivity index (χ2v) is 6.50. The number of rotatable bonds is 3. The van der Waals surface area contributed by atoms with E-state index in [4.69, 9.17) is 4.74 Å². The molecule has 6 heteroatoms. The van der Waals surface area contributed by atoms with Crippen LogP contribution in [0.15, 0.2) is 18.2 Å². The molecule has 0 bridgehead atoms. The normalized spacial score (nSPS) is 21.4. The third-order valence-corrected chi connectivity index (χ3v) is 4.07. The molecule has 1 atom stereocenters. The van der Waals surface area contributed by atoms with Gasteiger partial charge < -0.3 is 9.64 Å². The van der Waals surface area contributed by atoms with Gasteiger partial charge in [0.2, 0.25) is 5.91 Å². The van der Waals surface area contributed by atoms with Gasteiger partial charge in [0, 0.05) is 18.4 Å². The van der Waals surface area contributed by atoms with Gasteiger partial charge in [0.15, 0.2) is 11.6 Å². The Morgan fingerprint density at radius 1 is 1.43 bits per heavy atom. The minimum atomic E-state index is -0.930. The van der Waals surface area contributed by atoms with Gasteiger partial charge >= 0.3 is 0 Å². The number of carbonyl (C=O) groups is 1. The van der Waals surface area contributed by atoms with Gasteiger partial charge in [-0.2, -0.15) is 0 Å². The van der Waals surface area contributed by atoms with Crippen molar-refractivity contribution in [2.45, 2.75) is 32.0 Å². The van der Waals surface area contributed by atoms with Crippen molar-refractivity contribution in [3.63, 3.8) is 0 Å². The molecule has 1 unspecified atom stereocenters. The highest BCUT2D eigenvalue weighted by atomic mass is 79.9. The number of amides is 1. The molecule has 1 aromatic carbocycles. The second-order valence-electron chi connectivity index (χ2n) is 5.85. The molecule has 116 valence electrons. The number of hydrogen-bond donors (Lipinski definition) is 0. The zero-order valence-corrected chi connectivity index (χ0v) is 13.6. The van der Waals surface area contributed by atoms with Crippen molar-refractivity contribution in [2.24, 2.45) is 0 Å². The number of benzene rings is 1. The van der Waals surface area contributed by atoms with E-state index in [-0.39, 0.29) is 18.4 Å². The molecule has 0 aliphatic carbocycles. The van der Waals surface area contributed by atoms with Gasteiger partial charge in [0.05, 0.1) is 18.1 Å². The highest BCUT2D eigenvalue weighted by Crippen LogP contribution is 2.23. The summed E-state index contributed by atoms with van der Waals surface area (Å²) in [6.07, 6.45) is -0.00916. The second kappa shape index (κ2) is 6.40. The average Bonchev–Trinajstić information content (AvgIpc) is 2.41. The van der Waals surface area contributed by atoms with Crippen LogP contribution in [0.1, 0.15) is 19.4 Å². The highest BCUT2D eigenvalue weighted by Gasteiger charge is 2.34. The molecule has 3 nitrogen and oxygen atoms in total. The van der Waals surface area contributed by atoms with E-state index in [1.807, 2.05) is 13.8 Å². The van der Waals surface area contributed by atoms with Crippen molar-refractivity contribution >= 4 is 21.8 Å². The van der Waals surface area contributed by atoms with Gasteiger partial charge in [-0.05, 0) is 31.5 Å². The zero-order chi connectivity index (χ0) is 15.6. The van der Waals surface area contributed by atoms with E-state index >= 15 is 0 Å². The fourth-order valence-corrected chi connectivity index (χ4v) is 2.84. The maximum atomic E-state index is 13.2. The monoisotopic (exact) mass is 361 g/mol. The number of alkyl halides is 1. The first kappa shape index (κ1) is 16.4. The summed E-state index contributed by atoms with van der Waals surface area (Å²) in [5, 5.41) is 0.644. The van der Waals surface area contributed by atoms with Gasteiger partial charge in [-0.15, -0.1) is 0 Å². The molecule has 2 rings (SSSR count). The van der Waals surface area contributed by atoms with E-state index in [1.165, 1.54) is 6.07 Å². The molecule has 1 heterocycles. The Labute approximate surface area is 131 Å². The summed E-state index contributed by atoms with van der Waals surface area (Å²) in [6, 6.07) is 3.55. The smallest absolute Gasteiger partial charge is 0.227 e. The van der Waals surface area contributed by atoms with Crippen molar-refractivity contribution < 1.29 is 18.3 Å². The lowest BCUT2D eigenvalue weighted by molar-refractivity contribution is -0.156. The highest BCUT2D eigenvalue weighted by molar-refractivity contribution is 9.09. The summed E-state index contributed by atoms with van der Waals surface area (Å²) in [7, 11) is 0. The van der Waals surface area contributed by atoms with E-state index in [0.717, 1.165) is 12.1 Å². The van der Waals surface area contributed by atoms with Crippen molar-refractivity contribution in [2.75, 3.05) is 18.4 Å². The Morgan fingerprint density at radius 2 is 2.14 bits per heavy atom. The molecule has 0 radical (unpaired) electrons. The van der Waals surface area contributed by atoms with Crippen LogP contribution in [0.3, 0.4) is 0 Å². The molecule has 1 aliphatic rings. The molecule has 1 amide bonds. The third kappa shape index (κ3) is 4.23. The van der Waals surface area contributed by atoms with Crippen molar-refractivity contribution in [1.29, 1.82) is 0 Å². The lowest BCUT2D eigenvalue weighted by Crippen LogP contribution is -2.55. The topological polar surface area (TPSA) is 29.5 Å². The standard InChI is InChI=1S/C15H18BrF2NO2/c1-15(2)9-19(8-11(7-16)21-15)14(20)6-10-3-4-12(17)13(18)5-10/h3-5,11H,6-9H2,1-2H3. The molecular formula is C15H18BrF2NO2. The molecule has 1 aliphatic heterocycles. The maximum Gasteiger partial charge on any atom is 0.227 e. The van der Waals surface area contributed by atoms with Crippen LogP contribution in [-0.2, 0) is 16.0 Å². The van der Waals surface area contributed by atoms with Gasteiger partial charge in [-0.25, -0.2) is 8.78 Å². The minimum absolute atomic E-state index is 0.0578. The van der Waals surface area contributed by atoms with Crippen LogP contribution in [0.4, 0.5) is 8.78 Å². The van der Waals surface area contributed by atoms with E-state index in [9.17, 15) is 13.6 Å². The number of hydrogen-bond acceptors (Lipinski definition) is 2. The van der Waals surface area contributed by atoms with E-state index in [0.29, 0.717) is 24.0 Å². The summed E-state index contributed by atoms with van der Waals surface area (Å²) >= 11 is 3.37. The summed E-state index contributed by atoms with van der Waals surface area (Å²) in [6.45, 7) is 4.84. The largest absolute Gasteiger partial charge is 0.368 e. The van der Waals surface area contributed by atoms with Crippen LogP contribution >= 0.6 is 15.9 Å². The van der Waals surface area contributed by atoms with Crippen molar-refractivity contribution in [3.05, 3.63) is 35.4 Å². The predicted octanol–water partition coefficient (Wildman–Crippen LogP) is 2.91. The molecule has 21 heavy (non-hydrogen) atoms. The summed E-state index contributed by atoms with van der Waals surface area (Å²) < 4.78 is 31.9. The van der Waals surface area contributed by atoms with Crippen molar-refractivity contribution in [1.82, 2.24) is 4.90 Å². The van der Waals surface area contributed by atoms with Gasteiger partial charge in [-0.1, -0.05) is 22.0 Å². The molecule has 0 spiro atoms. The first-order valence-corrected chi connectivity index (χ1v) is 7.88. The first-order valence-electron chi connectivity index (χ1n) is 6.76. The zero-order valence-electron chi connectivity index (χ0n) is 12.0. The predicted molar refractivity (Wildman–Crippen MR) is 79.4 cm³/mol. The molecular weight excluding hydrogens is 344 g/mol. The molecule has 1 saturated heterocycles. The lowest BCUT2D eigenvalue weighted by atomic mass is 10.0. The quantitative estimate of drug-likeness (QED) is 0.774. The maximum absolute atomic E-state index is 13.2. The van der Waals surface area contributed by atoms with Gasteiger partial charge in [0.25, 0.3) is 0 Å². The number of morpholine rings is 1. The van der Waals surface area contributed by atoms with Gasteiger partial charge in [0.1, 0.15) is 0 Å². The fourth-order valence-electron chi connectivity index (χ4n) is 2.50. The average molecular weight is 362 g/mol. The third-order valence-electron chi connectivity index (χ3n) is 3.35. The van der Waals surface area contributed by atoms with E-state index in [1.54, 1.807) is 4.90 Å². The van der Waals surface area contributed by atoms with Crippen LogP contribution in [0, 0.1) is 11.6 Å². The first-order chi connectivity index (χ1) is 9.80. The van der Waals surface area contributed by atoms with E-state index < -0.39 is 17.2 Å². The van der Waals surface area contributed by atoms with Crippen LogP contribution < -0.4 is 0 Å². The lowest BCUT2D eigenvalue weighted by Gasteiger charge is -2.42. The Balaban J connectivity index is 2.06. The van der Waals surface area contributed by atoms with Gasteiger partial charge in [-0.3, -0.25) is 4.79 Å². The van der Waals surface area contributed by atoms with Crippen molar-refractivity contribution in [3.8, 4) is 0 Å². The molecule has 1 aromatic rings. The van der Waals surface area contributed by atoms with Crippen LogP contribution in [0.2, 0.25) is 0 Å². The Morgan fingerprint density at radius 3 is 2.76 bits per heavy atom. The minimum Gasteiger partial charge on any atom is -0.368 e. The fraction of sp³-hybridized carbons (Fsp3) is 0.533. The molecule has 0 saturated carbocycles. The number of ether oxygens (including phenoxy) is 1. The number of carbonyl (C=O) groups excluding carboxylic acids is 1. The Hall–Kier alpha value is -1.01. The van der Waals surface area contributed by atoms with Crippen LogP contribution in [0.25, 0.3) is 0 Å². The summed E-state index contributed by atoms with van der Waals surface area (Å²) in [5.41, 5.74) is 0.0546. The number of nitrogens with zero attached hydrogens (tertiary/aromatic N) is 1. The SMILES string of the molecule is CC1(C)CN(C(=O)Cc2ccc(F)c(F)c2)CC(CBr)O1. The number of halogens is 3. The molecule has 1 fully saturated rings. The van der Waals surface area contributed by atoms with E-state index in [2.05, 4.69) is 15.9 Å².